The number of rotatable bonds is 2. The number of hydrogen-bond donors (Lipinski definition) is 1. The summed E-state index contributed by atoms with van der Waals surface area (Å²) in [7, 11) is 3.51. The molecule has 106 valence electrons. The number of aryl methyl sites for hydroxylation is 1. The molecule has 0 aliphatic rings. The maximum atomic E-state index is 11.2. The van der Waals surface area contributed by atoms with Crippen LogP contribution in [0.4, 0.5) is 10.5 Å². The molecule has 0 radical (unpaired) electrons. The molecule has 0 saturated heterocycles. The summed E-state index contributed by atoms with van der Waals surface area (Å²) in [6, 6.07) is 7.14. The molecule has 0 fully saturated rings. The summed E-state index contributed by atoms with van der Waals surface area (Å²) in [4.78, 5) is 17.9. The summed E-state index contributed by atoms with van der Waals surface area (Å²) in [5.74, 6) is 0.471. The fourth-order valence-electron chi connectivity index (χ4n) is 1.64. The first kappa shape index (κ1) is 14.3. The Morgan fingerprint density at radius 3 is 2.75 bits per heavy atom. The molecule has 0 aliphatic carbocycles. The van der Waals surface area contributed by atoms with E-state index in [1.165, 1.54) is 17.6 Å². The highest BCUT2D eigenvalue weighted by atomic mass is 32.1. The number of nitrogens with zero attached hydrogens (tertiary/aromatic N) is 2. The molecule has 2 rings (SSSR count). The Morgan fingerprint density at radius 1 is 1.40 bits per heavy atom. The Balaban J connectivity index is 2.36. The minimum atomic E-state index is -0.490. The van der Waals surface area contributed by atoms with Crippen molar-refractivity contribution in [2.24, 2.45) is 12.0 Å². The summed E-state index contributed by atoms with van der Waals surface area (Å²) in [6.45, 7) is 4.14. The second-order valence-electron chi connectivity index (χ2n) is 4.33. The van der Waals surface area contributed by atoms with Crippen LogP contribution in [0.25, 0.3) is 0 Å². The van der Waals surface area contributed by atoms with E-state index in [-0.39, 0.29) is 0 Å². The predicted molar refractivity (Wildman–Crippen MR) is 79.5 cm³/mol. The minimum Gasteiger partial charge on any atom is -0.410 e. The van der Waals surface area contributed by atoms with Gasteiger partial charge in [-0.2, -0.15) is 0 Å². The van der Waals surface area contributed by atoms with Crippen LogP contribution < -0.4 is 14.9 Å². The van der Waals surface area contributed by atoms with Gasteiger partial charge in [-0.3, -0.25) is 0 Å². The minimum absolute atomic E-state index is 0.471. The van der Waals surface area contributed by atoms with E-state index in [0.717, 1.165) is 10.5 Å². The average Bonchev–Trinajstić information content (AvgIpc) is 2.66. The number of ether oxygens (including phenoxy) is 1. The summed E-state index contributed by atoms with van der Waals surface area (Å²) in [5.41, 5.74) is 1.95. The highest BCUT2D eigenvalue weighted by Crippen LogP contribution is 2.20. The van der Waals surface area contributed by atoms with Gasteiger partial charge in [-0.05, 0) is 26.0 Å². The largest absolute Gasteiger partial charge is 0.412 e. The van der Waals surface area contributed by atoms with Gasteiger partial charge in [0.1, 0.15) is 5.75 Å². The van der Waals surface area contributed by atoms with Crippen molar-refractivity contribution in [2.75, 3.05) is 7.05 Å². The molecule has 0 atom stereocenters. The van der Waals surface area contributed by atoms with E-state index >= 15 is 0 Å². The molecule has 0 unspecified atom stereocenters. The van der Waals surface area contributed by atoms with E-state index in [1.807, 2.05) is 23.7 Å². The van der Waals surface area contributed by atoms with Gasteiger partial charge in [-0.25, -0.2) is 9.79 Å². The first-order valence-corrected chi connectivity index (χ1v) is 7.00. The molecule has 6 heteroatoms. The lowest BCUT2D eigenvalue weighted by Gasteiger charge is -2.03. The van der Waals surface area contributed by atoms with E-state index in [2.05, 4.69) is 24.2 Å². The number of amides is 1. The fourth-order valence-corrected chi connectivity index (χ4v) is 2.63. The number of carbonyl (C=O) groups is 1. The molecular weight excluding hydrogens is 274 g/mol. The van der Waals surface area contributed by atoms with Gasteiger partial charge in [0.2, 0.25) is 0 Å². The van der Waals surface area contributed by atoms with Crippen LogP contribution in [0.1, 0.15) is 10.6 Å². The molecule has 0 bridgehead atoms. The van der Waals surface area contributed by atoms with Crippen molar-refractivity contribution < 1.29 is 9.53 Å². The first-order valence-electron chi connectivity index (χ1n) is 6.18. The third-order valence-electron chi connectivity index (χ3n) is 3.00. The number of thiazole rings is 1. The molecule has 1 aromatic carbocycles. The molecule has 2 aromatic rings. The van der Waals surface area contributed by atoms with Crippen LogP contribution in [0, 0.1) is 13.8 Å². The first-order chi connectivity index (χ1) is 9.51. The number of carbonyl (C=O) groups excluding carboxylic acids is 1. The van der Waals surface area contributed by atoms with Gasteiger partial charge in [-0.15, -0.1) is 11.3 Å². The summed E-state index contributed by atoms with van der Waals surface area (Å²) in [5, 5.41) is 2.41. The Morgan fingerprint density at radius 2 is 2.15 bits per heavy atom. The Labute approximate surface area is 121 Å². The second-order valence-corrected chi connectivity index (χ2v) is 5.52. The highest BCUT2D eigenvalue weighted by Gasteiger charge is 2.04. The van der Waals surface area contributed by atoms with E-state index in [0.29, 0.717) is 5.75 Å². The van der Waals surface area contributed by atoms with Gasteiger partial charge in [0.25, 0.3) is 0 Å². The number of hydrogen-bond acceptors (Lipinski definition) is 4. The quantitative estimate of drug-likeness (QED) is 0.924. The topological polar surface area (TPSA) is 55.6 Å². The second kappa shape index (κ2) is 5.92. The van der Waals surface area contributed by atoms with Gasteiger partial charge < -0.3 is 14.6 Å². The molecule has 0 spiro atoms. The Hall–Kier alpha value is -2.08. The molecule has 0 aliphatic heterocycles. The van der Waals surface area contributed by atoms with E-state index in [1.54, 1.807) is 23.5 Å². The van der Waals surface area contributed by atoms with Crippen molar-refractivity contribution in [3.05, 3.63) is 39.6 Å². The average molecular weight is 291 g/mol. The van der Waals surface area contributed by atoms with Gasteiger partial charge in [0, 0.05) is 30.7 Å². The summed E-state index contributed by atoms with van der Waals surface area (Å²) < 4.78 is 7.14. The van der Waals surface area contributed by atoms with E-state index in [9.17, 15) is 4.79 Å². The molecular formula is C14H17N3O2S. The Kier molecular flexibility index (Phi) is 4.24. The highest BCUT2D eigenvalue weighted by molar-refractivity contribution is 7.09. The number of aromatic nitrogens is 1. The van der Waals surface area contributed by atoms with Crippen LogP contribution in [0.15, 0.2) is 29.3 Å². The third-order valence-corrected chi connectivity index (χ3v) is 4.15. The third kappa shape index (κ3) is 3.08. The fraction of sp³-hybridized carbons (Fsp3) is 0.286. The number of benzene rings is 1. The molecule has 1 N–H and O–H groups in total. The van der Waals surface area contributed by atoms with Gasteiger partial charge >= 0.3 is 6.09 Å². The van der Waals surface area contributed by atoms with Crippen LogP contribution in [0.2, 0.25) is 0 Å². The van der Waals surface area contributed by atoms with Crippen molar-refractivity contribution in [3.8, 4) is 5.75 Å². The normalized spacial score (nSPS) is 11.5. The Bertz CT molecular complexity index is 701. The summed E-state index contributed by atoms with van der Waals surface area (Å²) in [6.07, 6.45) is -0.490. The molecule has 1 aromatic heterocycles. The van der Waals surface area contributed by atoms with E-state index < -0.39 is 6.09 Å². The standard InChI is InChI=1S/C14H17N3O2S/c1-9-10(2)20-13(17(9)4)16-11-6-5-7-12(8-11)19-14(18)15-3/h5-8H,1-4H3,(H,15,18). The zero-order chi connectivity index (χ0) is 14.7. The van der Waals surface area contributed by atoms with Crippen molar-refractivity contribution in [3.63, 3.8) is 0 Å². The van der Waals surface area contributed by atoms with Crippen LogP contribution in [0.5, 0.6) is 5.75 Å². The van der Waals surface area contributed by atoms with Gasteiger partial charge in [-0.1, -0.05) is 6.07 Å². The van der Waals surface area contributed by atoms with Crippen LogP contribution in [0.3, 0.4) is 0 Å². The van der Waals surface area contributed by atoms with Crippen LogP contribution in [-0.2, 0) is 7.05 Å². The summed E-state index contributed by atoms with van der Waals surface area (Å²) >= 11 is 1.64. The SMILES string of the molecule is CNC(=O)Oc1cccc(N=c2sc(C)c(C)n2C)c1. The van der Waals surface area contributed by atoms with Crippen LogP contribution >= 0.6 is 11.3 Å². The van der Waals surface area contributed by atoms with Crippen molar-refractivity contribution in [2.45, 2.75) is 13.8 Å². The smallest absolute Gasteiger partial charge is 0.410 e. The molecule has 0 saturated carbocycles. The number of nitrogens with one attached hydrogen (secondary N) is 1. The van der Waals surface area contributed by atoms with Gasteiger partial charge in [0.15, 0.2) is 4.80 Å². The lowest BCUT2D eigenvalue weighted by Crippen LogP contribution is -2.21. The maximum absolute atomic E-state index is 11.2. The van der Waals surface area contributed by atoms with Crippen molar-refractivity contribution in [1.82, 2.24) is 9.88 Å². The van der Waals surface area contributed by atoms with Crippen molar-refractivity contribution in [1.29, 1.82) is 0 Å². The lowest BCUT2D eigenvalue weighted by atomic mass is 10.3. The van der Waals surface area contributed by atoms with Crippen LogP contribution in [-0.4, -0.2) is 17.7 Å². The maximum Gasteiger partial charge on any atom is 0.412 e. The van der Waals surface area contributed by atoms with Crippen molar-refractivity contribution >= 4 is 23.1 Å². The van der Waals surface area contributed by atoms with Gasteiger partial charge in [0.05, 0.1) is 5.69 Å². The molecule has 1 heterocycles. The monoisotopic (exact) mass is 291 g/mol. The lowest BCUT2D eigenvalue weighted by molar-refractivity contribution is 0.203. The zero-order valence-electron chi connectivity index (χ0n) is 11.9. The predicted octanol–water partition coefficient (Wildman–Crippen LogP) is 2.65. The zero-order valence-corrected chi connectivity index (χ0v) is 12.7. The molecule has 5 nitrogen and oxygen atoms in total. The van der Waals surface area contributed by atoms with E-state index in [4.69, 9.17) is 4.74 Å². The molecule has 20 heavy (non-hydrogen) atoms. The molecule has 1 amide bonds.